The molecule has 2 rings (SSSR count). The number of benzene rings is 1. The quantitative estimate of drug-likeness (QED) is 0.731. The van der Waals surface area contributed by atoms with Crippen molar-refractivity contribution >= 4 is 0 Å². The Labute approximate surface area is 104 Å². The SMILES string of the molecule is COCCNCCc1cccc(C2CCC2)c1. The summed E-state index contributed by atoms with van der Waals surface area (Å²) in [6, 6.07) is 9.12. The van der Waals surface area contributed by atoms with Crippen LogP contribution in [0.4, 0.5) is 0 Å². The number of hydrogen-bond acceptors (Lipinski definition) is 2. The van der Waals surface area contributed by atoms with Gasteiger partial charge in [0, 0.05) is 13.7 Å². The third kappa shape index (κ3) is 3.83. The first-order valence-electron chi connectivity index (χ1n) is 6.68. The van der Waals surface area contributed by atoms with Gasteiger partial charge in [-0.3, -0.25) is 0 Å². The molecule has 0 radical (unpaired) electrons. The van der Waals surface area contributed by atoms with E-state index in [1.54, 1.807) is 12.7 Å². The highest BCUT2D eigenvalue weighted by atomic mass is 16.5. The average Bonchev–Trinajstić information content (AvgIpc) is 2.27. The summed E-state index contributed by atoms with van der Waals surface area (Å²) >= 11 is 0. The first-order chi connectivity index (χ1) is 8.40. The Hall–Kier alpha value is -0.860. The molecular formula is C15H23NO. The lowest BCUT2D eigenvalue weighted by atomic mass is 9.79. The molecule has 1 saturated carbocycles. The minimum atomic E-state index is 0.794. The van der Waals surface area contributed by atoms with Gasteiger partial charge in [-0.05, 0) is 42.9 Å². The lowest BCUT2D eigenvalue weighted by Crippen LogP contribution is -2.21. The van der Waals surface area contributed by atoms with E-state index in [0.29, 0.717) is 0 Å². The van der Waals surface area contributed by atoms with Crippen molar-refractivity contribution in [2.75, 3.05) is 26.8 Å². The molecule has 2 heteroatoms. The van der Waals surface area contributed by atoms with E-state index in [-0.39, 0.29) is 0 Å². The lowest BCUT2D eigenvalue weighted by Gasteiger charge is -2.26. The van der Waals surface area contributed by atoms with E-state index < -0.39 is 0 Å². The summed E-state index contributed by atoms with van der Waals surface area (Å²) in [5, 5.41) is 3.39. The Balaban J connectivity index is 1.75. The van der Waals surface area contributed by atoms with Crippen LogP contribution in [0.5, 0.6) is 0 Å². The fourth-order valence-corrected chi connectivity index (χ4v) is 2.28. The topological polar surface area (TPSA) is 21.3 Å². The number of nitrogens with one attached hydrogen (secondary N) is 1. The molecule has 0 heterocycles. The van der Waals surface area contributed by atoms with Crippen LogP contribution < -0.4 is 5.32 Å². The third-order valence-corrected chi connectivity index (χ3v) is 3.60. The summed E-state index contributed by atoms with van der Waals surface area (Å²) in [4.78, 5) is 0. The average molecular weight is 233 g/mol. The van der Waals surface area contributed by atoms with Gasteiger partial charge in [-0.2, -0.15) is 0 Å². The molecule has 0 amide bonds. The fourth-order valence-electron chi connectivity index (χ4n) is 2.28. The van der Waals surface area contributed by atoms with E-state index >= 15 is 0 Å². The van der Waals surface area contributed by atoms with Gasteiger partial charge in [0.2, 0.25) is 0 Å². The van der Waals surface area contributed by atoms with Crippen molar-refractivity contribution < 1.29 is 4.74 Å². The Kier molecular flexibility index (Phi) is 5.02. The molecule has 94 valence electrons. The second-order valence-corrected chi connectivity index (χ2v) is 4.87. The Morgan fingerprint density at radius 2 is 2.18 bits per heavy atom. The van der Waals surface area contributed by atoms with E-state index in [2.05, 4.69) is 29.6 Å². The molecule has 17 heavy (non-hydrogen) atoms. The normalized spacial score (nSPS) is 15.8. The van der Waals surface area contributed by atoms with Gasteiger partial charge in [-0.25, -0.2) is 0 Å². The van der Waals surface area contributed by atoms with Crippen molar-refractivity contribution in [2.45, 2.75) is 31.6 Å². The smallest absolute Gasteiger partial charge is 0.0587 e. The van der Waals surface area contributed by atoms with Crippen LogP contribution in [0.25, 0.3) is 0 Å². The minimum absolute atomic E-state index is 0.794. The van der Waals surface area contributed by atoms with E-state index in [4.69, 9.17) is 4.74 Å². The predicted octanol–water partition coefficient (Wildman–Crippen LogP) is 2.73. The summed E-state index contributed by atoms with van der Waals surface area (Å²) in [7, 11) is 1.74. The van der Waals surface area contributed by atoms with Gasteiger partial charge in [0.1, 0.15) is 0 Å². The molecule has 0 bridgehead atoms. The van der Waals surface area contributed by atoms with Crippen molar-refractivity contribution in [2.24, 2.45) is 0 Å². The zero-order chi connectivity index (χ0) is 11.9. The Morgan fingerprint density at radius 3 is 2.88 bits per heavy atom. The van der Waals surface area contributed by atoms with E-state index in [9.17, 15) is 0 Å². The number of hydrogen-bond donors (Lipinski definition) is 1. The standard InChI is InChI=1S/C15H23NO/c1-17-11-10-16-9-8-13-4-2-7-15(12-13)14-5-3-6-14/h2,4,7,12,14,16H,3,5-6,8-11H2,1H3. The van der Waals surface area contributed by atoms with Crippen LogP contribution in [0.15, 0.2) is 24.3 Å². The van der Waals surface area contributed by atoms with Crippen molar-refractivity contribution in [1.82, 2.24) is 5.32 Å². The summed E-state index contributed by atoms with van der Waals surface area (Å²) in [6.45, 7) is 2.78. The van der Waals surface area contributed by atoms with Crippen LogP contribution >= 0.6 is 0 Å². The van der Waals surface area contributed by atoms with Crippen LogP contribution in [0.3, 0.4) is 0 Å². The van der Waals surface area contributed by atoms with Gasteiger partial charge < -0.3 is 10.1 Å². The maximum atomic E-state index is 5.00. The van der Waals surface area contributed by atoms with Crippen LogP contribution in [-0.2, 0) is 11.2 Å². The number of methoxy groups -OCH3 is 1. The Morgan fingerprint density at radius 1 is 1.29 bits per heavy atom. The second kappa shape index (κ2) is 6.77. The van der Waals surface area contributed by atoms with Gasteiger partial charge in [-0.1, -0.05) is 30.7 Å². The third-order valence-electron chi connectivity index (χ3n) is 3.60. The fraction of sp³-hybridized carbons (Fsp3) is 0.600. The van der Waals surface area contributed by atoms with Crippen LogP contribution in [0.1, 0.15) is 36.3 Å². The summed E-state index contributed by atoms with van der Waals surface area (Å²) in [5.74, 6) is 0.844. The summed E-state index contributed by atoms with van der Waals surface area (Å²) in [5.41, 5.74) is 3.00. The highest BCUT2D eigenvalue weighted by Crippen LogP contribution is 2.36. The Bertz CT molecular complexity index is 333. The van der Waals surface area contributed by atoms with Gasteiger partial charge >= 0.3 is 0 Å². The summed E-state index contributed by atoms with van der Waals surface area (Å²) < 4.78 is 5.00. The van der Waals surface area contributed by atoms with Gasteiger partial charge in [0.25, 0.3) is 0 Å². The molecule has 1 aliphatic rings. The molecule has 1 aliphatic carbocycles. The van der Waals surface area contributed by atoms with Crippen LogP contribution in [0, 0.1) is 0 Å². The second-order valence-electron chi connectivity index (χ2n) is 4.87. The molecular weight excluding hydrogens is 210 g/mol. The van der Waals surface area contributed by atoms with Crippen molar-refractivity contribution in [3.63, 3.8) is 0 Å². The lowest BCUT2D eigenvalue weighted by molar-refractivity contribution is 0.199. The molecule has 0 atom stereocenters. The van der Waals surface area contributed by atoms with Crippen molar-refractivity contribution in [3.05, 3.63) is 35.4 Å². The molecule has 1 N–H and O–H groups in total. The van der Waals surface area contributed by atoms with Gasteiger partial charge in [0.15, 0.2) is 0 Å². The predicted molar refractivity (Wildman–Crippen MR) is 71.5 cm³/mol. The summed E-state index contributed by atoms with van der Waals surface area (Å²) in [6.07, 6.45) is 5.29. The number of ether oxygens (including phenoxy) is 1. The minimum Gasteiger partial charge on any atom is -0.383 e. The highest BCUT2D eigenvalue weighted by Gasteiger charge is 2.19. The van der Waals surface area contributed by atoms with E-state index in [1.165, 1.54) is 24.8 Å². The van der Waals surface area contributed by atoms with E-state index in [1.807, 2.05) is 0 Å². The van der Waals surface area contributed by atoms with E-state index in [0.717, 1.165) is 32.0 Å². The van der Waals surface area contributed by atoms with Gasteiger partial charge in [-0.15, -0.1) is 0 Å². The number of rotatable bonds is 7. The van der Waals surface area contributed by atoms with Crippen LogP contribution in [-0.4, -0.2) is 26.8 Å². The van der Waals surface area contributed by atoms with Crippen molar-refractivity contribution in [1.29, 1.82) is 0 Å². The molecule has 1 aromatic carbocycles. The molecule has 0 spiro atoms. The molecule has 0 unspecified atom stereocenters. The first kappa shape index (κ1) is 12.6. The van der Waals surface area contributed by atoms with Crippen LogP contribution in [0.2, 0.25) is 0 Å². The zero-order valence-corrected chi connectivity index (χ0v) is 10.7. The largest absolute Gasteiger partial charge is 0.383 e. The molecule has 1 aromatic rings. The van der Waals surface area contributed by atoms with Crippen molar-refractivity contribution in [3.8, 4) is 0 Å². The molecule has 0 saturated heterocycles. The maximum absolute atomic E-state index is 5.00. The molecule has 1 fully saturated rings. The monoisotopic (exact) mass is 233 g/mol. The maximum Gasteiger partial charge on any atom is 0.0587 e. The highest BCUT2D eigenvalue weighted by molar-refractivity contribution is 5.27. The first-order valence-corrected chi connectivity index (χ1v) is 6.68. The molecule has 0 aromatic heterocycles. The van der Waals surface area contributed by atoms with Gasteiger partial charge in [0.05, 0.1) is 6.61 Å². The zero-order valence-electron chi connectivity index (χ0n) is 10.7. The molecule has 0 aliphatic heterocycles. The molecule has 2 nitrogen and oxygen atoms in total.